The van der Waals surface area contributed by atoms with E-state index in [9.17, 15) is 5.11 Å². The molecule has 0 saturated heterocycles. The number of hydrogen-bond acceptors (Lipinski definition) is 4. The van der Waals surface area contributed by atoms with Gasteiger partial charge in [-0.25, -0.2) is 0 Å². The standard InChI is InChI=1S/C14H27NO2S/c1-18-14-4-2-3-12(7-14)15-8-13(16)10-17-9-11-5-6-11/h11-16H,2-10H2,1H3. The molecule has 0 spiro atoms. The predicted octanol–water partition coefficient (Wildman–Crippen LogP) is 2.04. The maximum absolute atomic E-state index is 9.84. The molecule has 2 rings (SSSR count). The summed E-state index contributed by atoms with van der Waals surface area (Å²) in [4.78, 5) is 0. The zero-order valence-corrected chi connectivity index (χ0v) is 12.3. The average Bonchev–Trinajstić information content (AvgIpc) is 3.21. The van der Waals surface area contributed by atoms with Crippen molar-refractivity contribution >= 4 is 11.8 Å². The van der Waals surface area contributed by atoms with Crippen LogP contribution in [0.5, 0.6) is 0 Å². The van der Waals surface area contributed by atoms with Gasteiger partial charge >= 0.3 is 0 Å². The van der Waals surface area contributed by atoms with Crippen LogP contribution in [-0.2, 0) is 4.74 Å². The highest BCUT2D eigenvalue weighted by Crippen LogP contribution is 2.29. The molecule has 0 radical (unpaired) electrons. The third-order valence-corrected chi connectivity index (χ3v) is 5.06. The molecular weight excluding hydrogens is 246 g/mol. The van der Waals surface area contributed by atoms with E-state index in [1.54, 1.807) is 0 Å². The molecule has 0 aromatic rings. The van der Waals surface area contributed by atoms with E-state index >= 15 is 0 Å². The Bertz CT molecular complexity index is 236. The second-order valence-electron chi connectivity index (χ2n) is 5.76. The Kier molecular flexibility index (Phi) is 6.29. The van der Waals surface area contributed by atoms with Crippen molar-refractivity contribution in [3.63, 3.8) is 0 Å². The molecule has 2 saturated carbocycles. The van der Waals surface area contributed by atoms with Crippen LogP contribution in [0.4, 0.5) is 0 Å². The molecule has 3 atom stereocenters. The Morgan fingerprint density at radius 3 is 2.89 bits per heavy atom. The van der Waals surface area contributed by atoms with Crippen molar-refractivity contribution < 1.29 is 9.84 Å². The van der Waals surface area contributed by atoms with E-state index in [0.717, 1.165) is 17.8 Å². The van der Waals surface area contributed by atoms with Crippen LogP contribution in [0.1, 0.15) is 38.5 Å². The second kappa shape index (κ2) is 7.73. The van der Waals surface area contributed by atoms with Gasteiger partial charge in [0.25, 0.3) is 0 Å². The molecule has 0 aliphatic heterocycles. The first-order valence-corrected chi connectivity index (χ1v) is 8.58. The van der Waals surface area contributed by atoms with Gasteiger partial charge < -0.3 is 15.2 Å². The van der Waals surface area contributed by atoms with Crippen LogP contribution in [-0.4, -0.2) is 48.5 Å². The van der Waals surface area contributed by atoms with E-state index in [2.05, 4.69) is 11.6 Å². The largest absolute Gasteiger partial charge is 0.389 e. The zero-order chi connectivity index (χ0) is 12.8. The van der Waals surface area contributed by atoms with Gasteiger partial charge in [0.1, 0.15) is 0 Å². The quantitative estimate of drug-likeness (QED) is 0.710. The summed E-state index contributed by atoms with van der Waals surface area (Å²) < 4.78 is 5.51. The molecule has 2 fully saturated rings. The van der Waals surface area contributed by atoms with Crippen LogP contribution in [0, 0.1) is 5.92 Å². The number of thioether (sulfide) groups is 1. The highest BCUT2D eigenvalue weighted by Gasteiger charge is 2.23. The minimum absolute atomic E-state index is 0.349. The van der Waals surface area contributed by atoms with Gasteiger partial charge in [-0.3, -0.25) is 0 Å². The van der Waals surface area contributed by atoms with Gasteiger partial charge in [-0.1, -0.05) is 6.42 Å². The molecule has 0 aromatic carbocycles. The Morgan fingerprint density at radius 1 is 1.33 bits per heavy atom. The molecule has 106 valence electrons. The minimum atomic E-state index is -0.349. The first-order chi connectivity index (χ1) is 8.78. The van der Waals surface area contributed by atoms with Crippen molar-refractivity contribution in [3.05, 3.63) is 0 Å². The summed E-state index contributed by atoms with van der Waals surface area (Å²) in [6.07, 6.45) is 9.65. The number of ether oxygens (including phenoxy) is 1. The van der Waals surface area contributed by atoms with Gasteiger partial charge in [0.2, 0.25) is 0 Å². The Labute approximate surface area is 115 Å². The van der Waals surface area contributed by atoms with Gasteiger partial charge in [-0.15, -0.1) is 0 Å². The first-order valence-electron chi connectivity index (χ1n) is 7.30. The molecule has 2 aliphatic rings. The fraction of sp³-hybridized carbons (Fsp3) is 1.00. The number of aliphatic hydroxyl groups excluding tert-OH is 1. The number of aliphatic hydroxyl groups is 1. The monoisotopic (exact) mass is 273 g/mol. The third kappa shape index (κ3) is 5.47. The zero-order valence-electron chi connectivity index (χ0n) is 11.4. The summed E-state index contributed by atoms with van der Waals surface area (Å²) in [6.45, 7) is 2.01. The molecular formula is C14H27NO2S. The Morgan fingerprint density at radius 2 is 2.17 bits per heavy atom. The van der Waals surface area contributed by atoms with Gasteiger partial charge in [-0.05, 0) is 44.3 Å². The van der Waals surface area contributed by atoms with E-state index in [1.807, 2.05) is 11.8 Å². The van der Waals surface area contributed by atoms with Crippen molar-refractivity contribution in [2.75, 3.05) is 26.0 Å². The van der Waals surface area contributed by atoms with Crippen molar-refractivity contribution in [1.29, 1.82) is 0 Å². The molecule has 2 aliphatic carbocycles. The smallest absolute Gasteiger partial charge is 0.0897 e. The van der Waals surface area contributed by atoms with Gasteiger partial charge in [0.05, 0.1) is 12.7 Å². The molecule has 3 unspecified atom stereocenters. The highest BCUT2D eigenvalue weighted by molar-refractivity contribution is 7.99. The van der Waals surface area contributed by atoms with E-state index in [0.29, 0.717) is 19.2 Å². The molecule has 0 aromatic heterocycles. The lowest BCUT2D eigenvalue weighted by Gasteiger charge is -2.29. The Balaban J connectivity index is 1.52. The molecule has 4 heteroatoms. The van der Waals surface area contributed by atoms with Crippen LogP contribution in [0.3, 0.4) is 0 Å². The summed E-state index contributed by atoms with van der Waals surface area (Å²) in [5.41, 5.74) is 0. The number of nitrogens with one attached hydrogen (secondary N) is 1. The van der Waals surface area contributed by atoms with E-state index in [1.165, 1.54) is 38.5 Å². The number of hydrogen-bond donors (Lipinski definition) is 2. The van der Waals surface area contributed by atoms with E-state index in [4.69, 9.17) is 4.74 Å². The highest BCUT2D eigenvalue weighted by atomic mass is 32.2. The van der Waals surface area contributed by atoms with E-state index in [-0.39, 0.29) is 6.10 Å². The van der Waals surface area contributed by atoms with Crippen molar-refractivity contribution in [1.82, 2.24) is 5.32 Å². The molecule has 3 nitrogen and oxygen atoms in total. The lowest BCUT2D eigenvalue weighted by Crippen LogP contribution is -2.40. The molecule has 0 amide bonds. The lowest BCUT2D eigenvalue weighted by molar-refractivity contribution is 0.0307. The lowest BCUT2D eigenvalue weighted by atomic mass is 9.95. The Hall–Kier alpha value is 0.230. The van der Waals surface area contributed by atoms with Crippen LogP contribution >= 0.6 is 11.8 Å². The van der Waals surface area contributed by atoms with Crippen molar-refractivity contribution in [2.24, 2.45) is 5.92 Å². The summed E-state index contributed by atoms with van der Waals surface area (Å²) >= 11 is 1.98. The predicted molar refractivity (Wildman–Crippen MR) is 77.1 cm³/mol. The summed E-state index contributed by atoms with van der Waals surface area (Å²) in [6, 6.07) is 0.592. The van der Waals surface area contributed by atoms with Crippen molar-refractivity contribution in [3.8, 4) is 0 Å². The van der Waals surface area contributed by atoms with Crippen molar-refractivity contribution in [2.45, 2.75) is 55.9 Å². The first kappa shape index (κ1) is 14.6. The maximum atomic E-state index is 9.84. The van der Waals surface area contributed by atoms with Crippen LogP contribution in [0.2, 0.25) is 0 Å². The normalized spacial score (nSPS) is 30.3. The molecule has 0 bridgehead atoms. The van der Waals surface area contributed by atoms with Crippen LogP contribution in [0.25, 0.3) is 0 Å². The molecule has 0 heterocycles. The fourth-order valence-corrected chi connectivity index (χ4v) is 3.39. The summed E-state index contributed by atoms with van der Waals surface area (Å²) in [7, 11) is 0. The molecule has 18 heavy (non-hydrogen) atoms. The minimum Gasteiger partial charge on any atom is -0.389 e. The van der Waals surface area contributed by atoms with Gasteiger partial charge in [0, 0.05) is 24.4 Å². The fourth-order valence-electron chi connectivity index (χ4n) is 2.56. The maximum Gasteiger partial charge on any atom is 0.0897 e. The average molecular weight is 273 g/mol. The van der Waals surface area contributed by atoms with E-state index < -0.39 is 0 Å². The SMILES string of the molecule is CSC1CCCC(NCC(O)COCC2CC2)C1. The topological polar surface area (TPSA) is 41.5 Å². The third-order valence-electron chi connectivity index (χ3n) is 3.96. The summed E-state index contributed by atoms with van der Waals surface area (Å²) in [5.74, 6) is 0.783. The molecule has 2 N–H and O–H groups in total. The van der Waals surface area contributed by atoms with Gasteiger partial charge in [0.15, 0.2) is 0 Å². The van der Waals surface area contributed by atoms with Crippen LogP contribution < -0.4 is 5.32 Å². The summed E-state index contributed by atoms with van der Waals surface area (Å²) in [5, 5.41) is 14.1. The van der Waals surface area contributed by atoms with Crippen LogP contribution in [0.15, 0.2) is 0 Å². The van der Waals surface area contributed by atoms with Gasteiger partial charge in [-0.2, -0.15) is 11.8 Å². The number of rotatable bonds is 8. The second-order valence-corrected chi connectivity index (χ2v) is 6.90.